The molecule has 0 spiro atoms. The molecule has 0 atom stereocenters. The van der Waals surface area contributed by atoms with Crippen LogP contribution in [0, 0.1) is 0 Å². The molecule has 0 N–H and O–H groups in total. The minimum atomic E-state index is -1.55. The molecule has 0 bridgehead atoms. The molecule has 0 aliphatic heterocycles. The molecule has 100 valence electrons. The van der Waals surface area contributed by atoms with Crippen LogP contribution in [0.25, 0.3) is 10.4 Å². The van der Waals surface area contributed by atoms with Crippen molar-refractivity contribution < 1.29 is 4.43 Å². The minimum absolute atomic E-state index is 0.300. The first-order valence-corrected chi connectivity index (χ1v) is 9.37. The van der Waals surface area contributed by atoms with Gasteiger partial charge in [0.25, 0.3) is 0 Å². The Morgan fingerprint density at radius 2 is 1.71 bits per heavy atom. The average molecular weight is 257 g/mol. The van der Waals surface area contributed by atoms with Gasteiger partial charge >= 0.3 is 0 Å². The van der Waals surface area contributed by atoms with Crippen LogP contribution in [0.4, 0.5) is 0 Å². The normalized spacial score (nSPS) is 12.3. The maximum absolute atomic E-state index is 8.12. The molecule has 0 rings (SSSR count). The molecule has 0 aromatic heterocycles. The summed E-state index contributed by atoms with van der Waals surface area (Å²) in [5.74, 6) is 0. The SMILES string of the molecule is CC(C)(C)[Si](C)(C)OCCCCCCN=[N+]=[N-]. The average Bonchev–Trinajstić information content (AvgIpc) is 2.20. The van der Waals surface area contributed by atoms with Gasteiger partial charge in [-0.25, -0.2) is 0 Å². The molecule has 0 unspecified atom stereocenters. The number of hydrogen-bond acceptors (Lipinski definition) is 2. The Morgan fingerprint density at radius 1 is 1.12 bits per heavy atom. The predicted octanol–water partition coefficient (Wildman–Crippen LogP) is 4.88. The maximum Gasteiger partial charge on any atom is 0.191 e. The van der Waals surface area contributed by atoms with Crippen LogP contribution < -0.4 is 0 Å². The van der Waals surface area contributed by atoms with Gasteiger partial charge in [-0.05, 0) is 36.5 Å². The van der Waals surface area contributed by atoms with E-state index >= 15 is 0 Å². The number of rotatable bonds is 8. The van der Waals surface area contributed by atoms with E-state index in [2.05, 4.69) is 43.9 Å². The van der Waals surface area contributed by atoms with Crippen molar-refractivity contribution in [3.63, 3.8) is 0 Å². The summed E-state index contributed by atoms with van der Waals surface area (Å²) in [6, 6.07) is 0. The van der Waals surface area contributed by atoms with E-state index in [1.54, 1.807) is 0 Å². The summed E-state index contributed by atoms with van der Waals surface area (Å²) in [6.07, 6.45) is 4.39. The lowest BCUT2D eigenvalue weighted by molar-refractivity contribution is 0.277. The molecular weight excluding hydrogens is 230 g/mol. The van der Waals surface area contributed by atoms with E-state index in [1.807, 2.05) is 0 Å². The number of hydrogen-bond donors (Lipinski definition) is 0. The van der Waals surface area contributed by atoms with Gasteiger partial charge in [0, 0.05) is 18.1 Å². The summed E-state index contributed by atoms with van der Waals surface area (Å²) in [7, 11) is -1.55. The first-order valence-electron chi connectivity index (χ1n) is 6.46. The summed E-state index contributed by atoms with van der Waals surface area (Å²) in [5.41, 5.74) is 8.12. The quantitative estimate of drug-likeness (QED) is 0.201. The van der Waals surface area contributed by atoms with Crippen molar-refractivity contribution in [1.82, 2.24) is 0 Å². The summed E-state index contributed by atoms with van der Waals surface area (Å²) in [4.78, 5) is 2.73. The van der Waals surface area contributed by atoms with Crippen LogP contribution >= 0.6 is 0 Å². The highest BCUT2D eigenvalue weighted by molar-refractivity contribution is 6.74. The predicted molar refractivity (Wildman–Crippen MR) is 75.6 cm³/mol. The molecule has 0 saturated carbocycles. The molecule has 0 aliphatic carbocycles. The van der Waals surface area contributed by atoms with Crippen LogP contribution in [0.15, 0.2) is 5.11 Å². The Balaban J connectivity index is 3.55. The largest absolute Gasteiger partial charge is 0.417 e. The molecular formula is C12H27N3OSi. The monoisotopic (exact) mass is 257 g/mol. The van der Waals surface area contributed by atoms with Crippen molar-refractivity contribution >= 4 is 8.32 Å². The van der Waals surface area contributed by atoms with Crippen molar-refractivity contribution in [1.29, 1.82) is 0 Å². The molecule has 4 nitrogen and oxygen atoms in total. The van der Waals surface area contributed by atoms with Gasteiger partial charge in [0.1, 0.15) is 0 Å². The van der Waals surface area contributed by atoms with Gasteiger partial charge in [-0.3, -0.25) is 0 Å². The fourth-order valence-electron chi connectivity index (χ4n) is 1.23. The second kappa shape index (κ2) is 7.74. The molecule has 0 heterocycles. The van der Waals surface area contributed by atoms with Crippen LogP contribution in [0.5, 0.6) is 0 Å². The highest BCUT2D eigenvalue weighted by Crippen LogP contribution is 2.36. The van der Waals surface area contributed by atoms with Crippen LogP contribution in [-0.4, -0.2) is 21.5 Å². The van der Waals surface area contributed by atoms with Crippen LogP contribution in [0.3, 0.4) is 0 Å². The standard InChI is InChI=1S/C12H27N3OSi/c1-12(2,3)17(4,5)16-11-9-7-6-8-10-14-15-13/h6-11H2,1-5H3. The number of nitrogens with zero attached hydrogens (tertiary/aromatic N) is 3. The third-order valence-electron chi connectivity index (χ3n) is 3.48. The molecule has 0 aromatic rings. The Morgan fingerprint density at radius 3 is 2.24 bits per heavy atom. The first-order chi connectivity index (χ1) is 7.81. The third-order valence-corrected chi connectivity index (χ3v) is 8.02. The lowest BCUT2D eigenvalue weighted by atomic mass is 10.2. The van der Waals surface area contributed by atoms with Crippen molar-refractivity contribution in [2.24, 2.45) is 5.11 Å². The lowest BCUT2D eigenvalue weighted by Crippen LogP contribution is -2.40. The smallest absolute Gasteiger partial charge is 0.191 e. The maximum atomic E-state index is 8.12. The summed E-state index contributed by atoms with van der Waals surface area (Å²) in [6.45, 7) is 12.9. The highest BCUT2D eigenvalue weighted by Gasteiger charge is 2.36. The Labute approximate surface area is 107 Å². The van der Waals surface area contributed by atoms with E-state index in [4.69, 9.17) is 9.96 Å². The molecule has 17 heavy (non-hydrogen) atoms. The van der Waals surface area contributed by atoms with Gasteiger partial charge in [-0.1, -0.05) is 38.7 Å². The highest BCUT2D eigenvalue weighted by atomic mass is 28.4. The van der Waals surface area contributed by atoms with Crippen LogP contribution in [-0.2, 0) is 4.43 Å². The number of azide groups is 1. The van der Waals surface area contributed by atoms with E-state index in [1.165, 1.54) is 0 Å². The van der Waals surface area contributed by atoms with E-state index in [-0.39, 0.29) is 0 Å². The minimum Gasteiger partial charge on any atom is -0.417 e. The van der Waals surface area contributed by atoms with Gasteiger partial charge in [0.15, 0.2) is 8.32 Å². The van der Waals surface area contributed by atoms with Crippen molar-refractivity contribution in [2.45, 2.75) is 64.6 Å². The zero-order valence-electron chi connectivity index (χ0n) is 12.0. The van der Waals surface area contributed by atoms with Crippen LogP contribution in [0.1, 0.15) is 46.5 Å². The molecule has 5 heteroatoms. The van der Waals surface area contributed by atoms with Gasteiger partial charge in [-0.15, -0.1) is 0 Å². The summed E-state index contributed by atoms with van der Waals surface area (Å²) < 4.78 is 6.08. The number of unbranched alkanes of at least 4 members (excludes halogenated alkanes) is 3. The summed E-state index contributed by atoms with van der Waals surface area (Å²) >= 11 is 0. The summed E-state index contributed by atoms with van der Waals surface area (Å²) in [5, 5.41) is 3.82. The second-order valence-corrected chi connectivity index (χ2v) is 10.8. The van der Waals surface area contributed by atoms with Gasteiger partial charge in [-0.2, -0.15) is 0 Å². The second-order valence-electron chi connectivity index (χ2n) is 5.98. The lowest BCUT2D eigenvalue weighted by Gasteiger charge is -2.36. The van der Waals surface area contributed by atoms with Crippen molar-refractivity contribution in [3.8, 4) is 0 Å². The van der Waals surface area contributed by atoms with Crippen molar-refractivity contribution in [2.75, 3.05) is 13.2 Å². The van der Waals surface area contributed by atoms with E-state index < -0.39 is 8.32 Å². The topological polar surface area (TPSA) is 58.0 Å². The van der Waals surface area contributed by atoms with Crippen molar-refractivity contribution in [3.05, 3.63) is 10.4 Å². The molecule has 0 aliphatic rings. The molecule has 0 amide bonds. The zero-order valence-corrected chi connectivity index (χ0v) is 13.0. The zero-order chi connectivity index (χ0) is 13.4. The Hall–Kier alpha value is -0.513. The molecule has 0 saturated heterocycles. The third kappa shape index (κ3) is 7.42. The Kier molecular flexibility index (Phi) is 7.51. The fraction of sp³-hybridized carbons (Fsp3) is 1.00. The fourth-order valence-corrected chi connectivity index (χ4v) is 2.31. The molecule has 0 radical (unpaired) electrons. The molecule has 0 fully saturated rings. The van der Waals surface area contributed by atoms with Gasteiger partial charge < -0.3 is 4.43 Å². The van der Waals surface area contributed by atoms with E-state index in [0.29, 0.717) is 11.6 Å². The van der Waals surface area contributed by atoms with E-state index in [0.717, 1.165) is 32.3 Å². The Bertz CT molecular complexity index is 255. The van der Waals surface area contributed by atoms with Gasteiger partial charge in [0.05, 0.1) is 0 Å². The van der Waals surface area contributed by atoms with Gasteiger partial charge in [0.2, 0.25) is 0 Å². The molecule has 0 aromatic carbocycles. The van der Waals surface area contributed by atoms with E-state index in [9.17, 15) is 0 Å². The first kappa shape index (κ1) is 16.5. The van der Waals surface area contributed by atoms with Crippen LogP contribution in [0.2, 0.25) is 18.1 Å².